The predicted molar refractivity (Wildman–Crippen MR) is 93.6 cm³/mol. The molecule has 1 aromatic rings. The predicted octanol–water partition coefficient (Wildman–Crippen LogP) is 1.73. The van der Waals surface area contributed by atoms with Crippen LogP contribution in [-0.4, -0.2) is 53.8 Å². The average molecular weight is 329 g/mol. The maximum atomic E-state index is 12.6. The number of nitrogens with one attached hydrogen (secondary N) is 1. The summed E-state index contributed by atoms with van der Waals surface area (Å²) < 4.78 is 0. The first-order chi connectivity index (χ1) is 11.4. The standard InChI is InChI=1S/C19H27N3O2/c1-19(2)18(24)21(3)11-12-22(19)13-17(23)20-16-10-6-8-14-7-4-5-9-15(14)16/h4-5,7,9,16H,6,8,10-13H2,1-3H3,(H,20,23). The van der Waals surface area contributed by atoms with Gasteiger partial charge in [-0.3, -0.25) is 14.5 Å². The normalized spacial score (nSPS) is 23.7. The molecule has 130 valence electrons. The van der Waals surface area contributed by atoms with Crippen LogP contribution >= 0.6 is 0 Å². The zero-order valence-electron chi connectivity index (χ0n) is 14.8. The van der Waals surface area contributed by atoms with Gasteiger partial charge in [-0.05, 0) is 44.2 Å². The molecule has 1 fully saturated rings. The van der Waals surface area contributed by atoms with E-state index in [1.807, 2.05) is 31.9 Å². The monoisotopic (exact) mass is 329 g/mol. The molecule has 0 bridgehead atoms. The second-order valence-electron chi connectivity index (χ2n) is 7.42. The Morgan fingerprint density at radius 1 is 1.29 bits per heavy atom. The zero-order chi connectivity index (χ0) is 17.3. The molecule has 0 saturated carbocycles. The Morgan fingerprint density at radius 2 is 2.04 bits per heavy atom. The average Bonchev–Trinajstić information content (AvgIpc) is 2.56. The topological polar surface area (TPSA) is 52.6 Å². The molecule has 5 heteroatoms. The van der Waals surface area contributed by atoms with Crippen molar-refractivity contribution in [3.63, 3.8) is 0 Å². The molecule has 1 saturated heterocycles. The number of carbonyl (C=O) groups excluding carboxylic acids is 2. The lowest BCUT2D eigenvalue weighted by Crippen LogP contribution is -2.63. The molecule has 3 rings (SSSR count). The number of aryl methyl sites for hydroxylation is 1. The van der Waals surface area contributed by atoms with Crippen LogP contribution in [0.4, 0.5) is 0 Å². The molecule has 1 N–H and O–H groups in total. The second kappa shape index (κ2) is 6.55. The van der Waals surface area contributed by atoms with E-state index in [0.29, 0.717) is 6.54 Å². The van der Waals surface area contributed by atoms with Gasteiger partial charge in [0.1, 0.15) is 0 Å². The highest BCUT2D eigenvalue weighted by atomic mass is 16.2. The highest BCUT2D eigenvalue weighted by Gasteiger charge is 2.41. The van der Waals surface area contributed by atoms with Crippen LogP contribution in [0.15, 0.2) is 24.3 Å². The summed E-state index contributed by atoms with van der Waals surface area (Å²) in [6.07, 6.45) is 3.16. The van der Waals surface area contributed by atoms with Gasteiger partial charge in [0.05, 0.1) is 18.1 Å². The van der Waals surface area contributed by atoms with E-state index in [2.05, 4.69) is 23.5 Å². The van der Waals surface area contributed by atoms with Crippen LogP contribution in [0.5, 0.6) is 0 Å². The number of nitrogens with zero attached hydrogens (tertiary/aromatic N) is 2. The summed E-state index contributed by atoms with van der Waals surface area (Å²) in [5.74, 6) is 0.0756. The maximum absolute atomic E-state index is 12.6. The van der Waals surface area contributed by atoms with E-state index in [4.69, 9.17) is 0 Å². The highest BCUT2D eigenvalue weighted by molar-refractivity contribution is 5.87. The van der Waals surface area contributed by atoms with E-state index >= 15 is 0 Å². The molecule has 1 aliphatic heterocycles. The van der Waals surface area contributed by atoms with E-state index < -0.39 is 5.54 Å². The van der Waals surface area contributed by atoms with E-state index in [1.165, 1.54) is 11.1 Å². The first-order valence-electron chi connectivity index (χ1n) is 8.77. The number of benzene rings is 1. The molecule has 1 unspecified atom stereocenters. The molecule has 5 nitrogen and oxygen atoms in total. The van der Waals surface area contributed by atoms with Gasteiger partial charge in [-0.25, -0.2) is 0 Å². The molecule has 0 spiro atoms. The molecule has 0 aromatic heterocycles. The molecule has 2 amide bonds. The van der Waals surface area contributed by atoms with E-state index in [9.17, 15) is 9.59 Å². The van der Waals surface area contributed by atoms with Crippen molar-refractivity contribution in [2.24, 2.45) is 0 Å². The lowest BCUT2D eigenvalue weighted by molar-refractivity contribution is -0.148. The number of likely N-dealkylation sites (N-methyl/N-ethyl adjacent to an activating group) is 1. The van der Waals surface area contributed by atoms with Crippen molar-refractivity contribution in [2.45, 2.75) is 44.7 Å². The van der Waals surface area contributed by atoms with Crippen molar-refractivity contribution in [1.82, 2.24) is 15.1 Å². The van der Waals surface area contributed by atoms with Crippen LogP contribution in [0.25, 0.3) is 0 Å². The third-order valence-electron chi connectivity index (χ3n) is 5.41. The summed E-state index contributed by atoms with van der Waals surface area (Å²) in [5.41, 5.74) is 1.95. The van der Waals surface area contributed by atoms with Crippen molar-refractivity contribution in [1.29, 1.82) is 0 Å². The van der Waals surface area contributed by atoms with Crippen LogP contribution in [0.2, 0.25) is 0 Å². The Morgan fingerprint density at radius 3 is 2.83 bits per heavy atom. The van der Waals surface area contributed by atoms with Crippen LogP contribution in [0, 0.1) is 0 Å². The number of rotatable bonds is 3. The summed E-state index contributed by atoms with van der Waals surface area (Å²) in [7, 11) is 1.82. The Balaban J connectivity index is 1.66. The van der Waals surface area contributed by atoms with Gasteiger partial charge >= 0.3 is 0 Å². The second-order valence-corrected chi connectivity index (χ2v) is 7.42. The van der Waals surface area contributed by atoms with Gasteiger partial charge in [-0.2, -0.15) is 0 Å². The van der Waals surface area contributed by atoms with Crippen molar-refractivity contribution in [3.8, 4) is 0 Å². The van der Waals surface area contributed by atoms with Gasteiger partial charge in [0.25, 0.3) is 0 Å². The van der Waals surface area contributed by atoms with Crippen molar-refractivity contribution < 1.29 is 9.59 Å². The minimum absolute atomic E-state index is 0.00197. The van der Waals surface area contributed by atoms with Crippen molar-refractivity contribution in [2.75, 3.05) is 26.7 Å². The fraction of sp³-hybridized carbons (Fsp3) is 0.579. The van der Waals surface area contributed by atoms with Gasteiger partial charge < -0.3 is 10.2 Å². The summed E-state index contributed by atoms with van der Waals surface area (Å²) in [4.78, 5) is 28.7. The maximum Gasteiger partial charge on any atom is 0.242 e. The number of fused-ring (bicyclic) bond motifs is 1. The number of carbonyl (C=O) groups is 2. The van der Waals surface area contributed by atoms with E-state index in [1.54, 1.807) is 4.90 Å². The van der Waals surface area contributed by atoms with Crippen LogP contribution < -0.4 is 5.32 Å². The Labute approximate surface area is 144 Å². The molecule has 1 atom stereocenters. The van der Waals surface area contributed by atoms with Gasteiger partial charge in [-0.15, -0.1) is 0 Å². The first kappa shape index (κ1) is 17.0. The molecular weight excluding hydrogens is 302 g/mol. The fourth-order valence-electron chi connectivity index (χ4n) is 3.85. The fourth-order valence-corrected chi connectivity index (χ4v) is 3.85. The molecule has 24 heavy (non-hydrogen) atoms. The SMILES string of the molecule is CN1CCN(CC(=O)NC2CCCc3ccccc32)C(C)(C)C1=O. The minimum atomic E-state index is -0.630. The number of piperazine rings is 1. The molecule has 1 heterocycles. The Hall–Kier alpha value is -1.88. The molecular formula is C19H27N3O2. The summed E-state index contributed by atoms with van der Waals surface area (Å²) in [6, 6.07) is 8.44. The zero-order valence-corrected chi connectivity index (χ0v) is 14.8. The van der Waals surface area contributed by atoms with Crippen LogP contribution in [-0.2, 0) is 16.0 Å². The lowest BCUT2D eigenvalue weighted by atomic mass is 9.87. The number of amides is 2. The van der Waals surface area contributed by atoms with Crippen molar-refractivity contribution >= 4 is 11.8 Å². The summed E-state index contributed by atoms with van der Waals surface area (Å²) >= 11 is 0. The van der Waals surface area contributed by atoms with Gasteiger partial charge in [0.15, 0.2) is 0 Å². The minimum Gasteiger partial charge on any atom is -0.348 e. The van der Waals surface area contributed by atoms with E-state index in [0.717, 1.165) is 25.8 Å². The number of hydrogen-bond donors (Lipinski definition) is 1. The molecule has 0 radical (unpaired) electrons. The Bertz CT molecular complexity index is 641. The van der Waals surface area contributed by atoms with Crippen LogP contribution in [0.3, 0.4) is 0 Å². The largest absolute Gasteiger partial charge is 0.348 e. The van der Waals surface area contributed by atoms with Crippen molar-refractivity contribution in [3.05, 3.63) is 35.4 Å². The summed E-state index contributed by atoms with van der Waals surface area (Å²) in [6.45, 7) is 5.46. The number of hydrogen-bond acceptors (Lipinski definition) is 3. The van der Waals surface area contributed by atoms with Gasteiger partial charge in [0, 0.05) is 20.1 Å². The smallest absolute Gasteiger partial charge is 0.242 e. The van der Waals surface area contributed by atoms with Gasteiger partial charge in [-0.1, -0.05) is 24.3 Å². The summed E-state index contributed by atoms with van der Waals surface area (Å²) in [5, 5.41) is 3.18. The lowest BCUT2D eigenvalue weighted by Gasteiger charge is -2.44. The third-order valence-corrected chi connectivity index (χ3v) is 5.41. The molecule has 1 aromatic carbocycles. The van der Waals surface area contributed by atoms with Crippen LogP contribution in [0.1, 0.15) is 43.9 Å². The third kappa shape index (κ3) is 3.18. The molecule has 2 aliphatic rings. The Kier molecular flexibility index (Phi) is 4.63. The first-order valence-corrected chi connectivity index (χ1v) is 8.77. The highest BCUT2D eigenvalue weighted by Crippen LogP contribution is 2.29. The van der Waals surface area contributed by atoms with E-state index in [-0.39, 0.29) is 24.4 Å². The van der Waals surface area contributed by atoms with Gasteiger partial charge in [0.2, 0.25) is 11.8 Å². The molecule has 1 aliphatic carbocycles. The quantitative estimate of drug-likeness (QED) is 0.919.